The Morgan fingerprint density at radius 2 is 0.836 bits per heavy atom. The summed E-state index contributed by atoms with van der Waals surface area (Å²) in [5.41, 5.74) is 3.74. The fourth-order valence-electron chi connectivity index (χ4n) is 14.7. The number of likely N-dealkylation sites (tertiary alicyclic amines) is 5. The number of Topliss-reactive ketones (excluding diaryl/α,β-unsaturated/α-hetero) is 4. The first-order valence-electron chi connectivity index (χ1n) is 44.8. The molecule has 6 unspecified atom stereocenters. The van der Waals surface area contributed by atoms with Crippen LogP contribution in [0.3, 0.4) is 0 Å². The number of hydrogen-bond acceptors (Lipinski definition) is 29. The molecule has 3 N–H and O–H groups in total. The lowest BCUT2D eigenvalue weighted by Crippen LogP contribution is -2.46. The van der Waals surface area contributed by atoms with E-state index in [2.05, 4.69) is 90.5 Å². The van der Waals surface area contributed by atoms with Gasteiger partial charge in [0.1, 0.15) is 0 Å². The smallest absolute Gasteiger partial charge is 0.359 e. The third kappa shape index (κ3) is 38.8. The van der Waals surface area contributed by atoms with Gasteiger partial charge in [0.2, 0.25) is 53.2 Å². The maximum absolute atomic E-state index is 11.9. The van der Waals surface area contributed by atoms with Crippen LogP contribution in [-0.4, -0.2) is 283 Å². The first kappa shape index (κ1) is 115. The van der Waals surface area contributed by atoms with E-state index in [1.54, 1.807) is 32.6 Å². The highest BCUT2D eigenvalue weighted by Gasteiger charge is 2.51. The van der Waals surface area contributed by atoms with Gasteiger partial charge >= 0.3 is 23.9 Å². The molecule has 0 aromatic rings. The minimum absolute atomic E-state index is 0.00547. The Morgan fingerprint density at radius 3 is 1.23 bits per heavy atom. The molecule has 15 amide bonds. The maximum Gasteiger partial charge on any atom is 0.359 e. The highest BCUT2D eigenvalue weighted by molar-refractivity contribution is 6.19. The van der Waals surface area contributed by atoms with Crippen LogP contribution in [0.5, 0.6) is 0 Å². The number of nitrogens with one attached hydrogen (secondary N) is 2. The van der Waals surface area contributed by atoms with Gasteiger partial charge in [0, 0.05) is 177 Å². The van der Waals surface area contributed by atoms with Crippen molar-refractivity contribution < 1.29 is 130 Å². The number of aliphatic carboxylic acids is 1. The summed E-state index contributed by atoms with van der Waals surface area (Å²) in [7, 11) is 0. The van der Waals surface area contributed by atoms with Crippen LogP contribution in [0.25, 0.3) is 0 Å². The second-order valence-corrected chi connectivity index (χ2v) is 34.3. The monoisotopic (exact) mass is 1870 g/mol. The molecule has 0 aromatic carbocycles. The Kier molecular flexibility index (Phi) is 49.7. The van der Waals surface area contributed by atoms with Crippen LogP contribution in [0.1, 0.15) is 216 Å². The lowest BCUT2D eigenvalue weighted by Gasteiger charge is -2.29. The number of carbonyl (C=O) groups excluding carboxylic acids is 22. The highest BCUT2D eigenvalue weighted by Crippen LogP contribution is 2.39. The summed E-state index contributed by atoms with van der Waals surface area (Å²) in [6.45, 7) is 61.4. The fourth-order valence-corrected chi connectivity index (χ4v) is 14.7. The molecule has 1 aliphatic carbocycles. The summed E-state index contributed by atoms with van der Waals surface area (Å²) >= 11 is 0. The SMILES string of the molecule is C=C(C)C(=O)CCC1CN2CCC1C2.C=C(C)C(=O)CCCN1C(=O)CCC1=O.C=C(C)C(=O)CCN1C(=O)CCC1=O.C=C(C)C(=O)CCN1CCCC1.C=C(C)C(=O)N1C(=O)CCC1=O.C=C(C)C(=O)N1CCNCC1.C=C(C)C(=O)OC1CC(=O)NC1=O.C=C(C)C(=O)ON1C(=O)C2CCCCC2C1=O.C=C(C)C(=O)ON1C(=O)CCC1=O.C=CC(=O)N1CCC(C(=O)O)CC1. The number of fused-ring (bicyclic) bond motifs is 3. The average Bonchev–Trinajstić information content (AvgIpc) is 1.63. The predicted molar refractivity (Wildman–Crippen MR) is 488 cm³/mol. The van der Waals surface area contributed by atoms with Crippen LogP contribution < -0.4 is 10.6 Å². The largest absolute Gasteiger partial charge is 0.481 e. The Bertz CT molecular complexity index is 4520. The number of piperazine rings is 1. The fraction of sp³-hybridized carbons (Fsp3) is 0.552. The van der Waals surface area contributed by atoms with Crippen LogP contribution in [0.15, 0.2) is 122 Å². The molecule has 0 aromatic heterocycles. The Morgan fingerprint density at radius 1 is 0.418 bits per heavy atom. The lowest BCUT2D eigenvalue weighted by atomic mass is 9.81. The van der Waals surface area contributed by atoms with Crippen LogP contribution in [-0.2, 0) is 125 Å². The minimum atomic E-state index is -0.989. The predicted octanol–water partition coefficient (Wildman–Crippen LogP) is 6.83. The van der Waals surface area contributed by atoms with Crippen molar-refractivity contribution in [2.75, 3.05) is 91.6 Å². The summed E-state index contributed by atoms with van der Waals surface area (Å²) in [4.78, 5) is 277. The Hall–Kier alpha value is -12.7. The molecule has 38 heteroatoms. The summed E-state index contributed by atoms with van der Waals surface area (Å²) in [6, 6.07) is 0. The Labute approximate surface area is 782 Å². The molecule has 11 aliphatic heterocycles. The molecule has 2 bridgehead atoms. The third-order valence-electron chi connectivity index (χ3n) is 22.7. The van der Waals surface area contributed by atoms with Crippen molar-refractivity contribution in [3.8, 4) is 0 Å². The standard InChI is InChI=1S/C12H15NO4.C12H19NO.C11H15NO3.C10H13NO3.C10H17NO.C9H13NO3.C8H14N2O.2C8H9NO4.C8H9NO3/c1-7(2)12(16)17-13-10(14)8-5-3-4-6-9(8)11(13)15;1-9(2)12(14)4-3-10-7-13-6-5-11(10)8-13;1-8(2)9(13)4-3-7-12-10(14)5-6-11(12)15;1-7(2)8(12)5-6-11-9(13)3-4-10(11)14;1-9(2)10(12)5-8-11-6-3-4-7-11;1-2-8(11)10-5-3-7(4-6-10)9(12)13;1-7(2)8(11)10-5-3-9-4-6-10;1-5(2)8(12)13-9-6(10)3-4-7(9)11;1-4(2)8(12)13-5-3-6(10)9-7(5)11;1-5(2)8(12)9-6(10)3-4-7(9)11/h8-9H,1,3-6H2,2H3;10-11H,1,3-8H2,2H3;1,3-7H2,2H3;1,3-6H2,2H3;1,3-8H2,2H3;2,7H,1,3-6H2,(H,12,13);9H,1,3-6H2,2H3;1,3-4H2,2H3;5H,1,3H2,2H3,(H,9,10,11);1,3-4H2,2H3. The minimum Gasteiger partial charge on any atom is -0.481 e. The number of esters is 1. The van der Waals surface area contributed by atoms with Gasteiger partial charge in [-0.15, -0.1) is 10.1 Å². The van der Waals surface area contributed by atoms with Crippen molar-refractivity contribution in [1.82, 2.24) is 55.1 Å². The zero-order chi connectivity index (χ0) is 101. The van der Waals surface area contributed by atoms with Gasteiger partial charge in [0.05, 0.1) is 24.2 Å². The summed E-state index contributed by atoms with van der Waals surface area (Å²) in [6.07, 6.45) is 13.7. The molecule has 134 heavy (non-hydrogen) atoms. The topological polar surface area (TPSA) is 494 Å². The maximum atomic E-state index is 11.9. The third-order valence-corrected chi connectivity index (χ3v) is 22.7. The van der Waals surface area contributed by atoms with Crippen molar-refractivity contribution in [2.45, 2.75) is 223 Å². The number of nitrogens with zero attached hydrogens (tertiary/aromatic N) is 9. The molecule has 12 aliphatic rings. The number of imide groups is 8. The second-order valence-electron chi connectivity index (χ2n) is 34.3. The van der Waals surface area contributed by atoms with E-state index in [9.17, 15) is 110 Å². The molecular weight excluding hydrogens is 1740 g/mol. The van der Waals surface area contributed by atoms with E-state index >= 15 is 0 Å². The lowest BCUT2D eigenvalue weighted by molar-refractivity contribution is -0.195. The number of carboxylic acids is 1. The normalized spacial score (nSPS) is 20.7. The summed E-state index contributed by atoms with van der Waals surface area (Å²) in [5, 5.41) is 15.0. The first-order valence-corrected chi connectivity index (χ1v) is 44.8. The number of allylic oxidation sites excluding steroid dienone is 4. The van der Waals surface area contributed by atoms with Gasteiger partial charge in [-0.1, -0.05) is 78.6 Å². The quantitative estimate of drug-likeness (QED) is 0.0431. The van der Waals surface area contributed by atoms with E-state index in [4.69, 9.17) is 9.94 Å². The summed E-state index contributed by atoms with van der Waals surface area (Å²) in [5.74, 6) is -6.53. The van der Waals surface area contributed by atoms with E-state index in [1.165, 1.54) is 90.7 Å². The second kappa shape index (κ2) is 57.7. The van der Waals surface area contributed by atoms with E-state index in [0.717, 1.165) is 68.7 Å². The molecule has 38 nitrogen and oxygen atoms in total. The zero-order valence-electron chi connectivity index (χ0n) is 79.1. The number of hydrogen-bond donors (Lipinski definition) is 3. The molecule has 11 saturated heterocycles. The van der Waals surface area contributed by atoms with Crippen molar-refractivity contribution in [1.29, 1.82) is 0 Å². The number of carbonyl (C=O) groups is 23. The number of amides is 15. The molecule has 0 radical (unpaired) electrons. The molecule has 12 fully saturated rings. The molecular formula is C96H133N11O27. The van der Waals surface area contributed by atoms with Gasteiger partial charge in [0.15, 0.2) is 29.2 Å². The van der Waals surface area contributed by atoms with E-state index < -0.39 is 71.3 Å². The average molecular weight is 1870 g/mol. The number of piperidine rings is 2. The van der Waals surface area contributed by atoms with Gasteiger partial charge in [-0.2, -0.15) is 0 Å². The van der Waals surface area contributed by atoms with Crippen LogP contribution in [0.2, 0.25) is 0 Å². The Balaban J connectivity index is 0.000000384. The van der Waals surface area contributed by atoms with Gasteiger partial charge in [-0.3, -0.25) is 111 Å². The number of ketones is 4. The molecule has 11 heterocycles. The van der Waals surface area contributed by atoms with Crippen molar-refractivity contribution in [3.63, 3.8) is 0 Å². The molecule has 12 rings (SSSR count). The zero-order valence-corrected chi connectivity index (χ0v) is 79.1. The number of carboxylic acid groups (broad SMARTS) is 1. The number of rotatable bonds is 27. The molecule has 734 valence electrons. The van der Waals surface area contributed by atoms with Crippen LogP contribution in [0, 0.1) is 29.6 Å². The number of hydroxylamine groups is 4. The van der Waals surface area contributed by atoms with Crippen LogP contribution >= 0.6 is 0 Å². The first-order chi connectivity index (χ1) is 62.8. The van der Waals surface area contributed by atoms with Crippen molar-refractivity contribution >= 4 is 136 Å². The van der Waals surface area contributed by atoms with E-state index in [-0.39, 0.29) is 168 Å². The van der Waals surface area contributed by atoms with Gasteiger partial charge in [-0.05, 0) is 180 Å². The summed E-state index contributed by atoms with van der Waals surface area (Å²) < 4.78 is 4.68. The van der Waals surface area contributed by atoms with Gasteiger partial charge in [-0.25, -0.2) is 19.3 Å². The van der Waals surface area contributed by atoms with Crippen molar-refractivity contribution in [2.24, 2.45) is 29.6 Å². The van der Waals surface area contributed by atoms with Crippen LogP contribution in [0.4, 0.5) is 0 Å². The molecule has 0 spiro atoms. The van der Waals surface area contributed by atoms with E-state index in [0.29, 0.717) is 127 Å². The highest BCUT2D eigenvalue weighted by atomic mass is 16.7. The molecule has 6 atom stereocenters. The van der Waals surface area contributed by atoms with Gasteiger partial charge < -0.3 is 44.4 Å². The van der Waals surface area contributed by atoms with Gasteiger partial charge in [0.25, 0.3) is 35.4 Å². The molecule has 1 saturated carbocycles. The van der Waals surface area contributed by atoms with E-state index in [1.807, 2.05) is 17.1 Å². The number of ether oxygens (including phenoxy) is 1. The van der Waals surface area contributed by atoms with Crippen molar-refractivity contribution in [3.05, 3.63) is 122 Å².